The zero-order valence-electron chi connectivity index (χ0n) is 40.0. The number of furan rings is 1. The fourth-order valence-corrected chi connectivity index (χ4v) is 11.7. The molecule has 1 aliphatic carbocycles. The lowest BCUT2D eigenvalue weighted by molar-refractivity contribution is 0.670. The number of anilines is 3. The molecule has 0 atom stereocenters. The van der Waals surface area contributed by atoms with Crippen molar-refractivity contribution in [2.24, 2.45) is 0 Å². The van der Waals surface area contributed by atoms with Crippen LogP contribution < -0.4 is 4.90 Å². The zero-order chi connectivity index (χ0) is 48.3. The number of hydrogen-bond donors (Lipinski definition) is 0. The number of benzene rings is 12. The monoisotopic (exact) mass is 929 g/mol. The zero-order valence-corrected chi connectivity index (χ0v) is 40.0. The highest BCUT2D eigenvalue weighted by Gasteiger charge is 2.46. The highest BCUT2D eigenvalue weighted by molar-refractivity contribution is 6.17. The maximum atomic E-state index is 6.84. The van der Waals surface area contributed by atoms with Gasteiger partial charge in [0.15, 0.2) is 0 Å². The lowest BCUT2D eigenvalue weighted by Crippen LogP contribution is -2.28. The SMILES string of the molecule is c1ccc(-c2ccc(N(c3ccc(-c4cccc(-c5ccc6ccccc6c5)c4)cc3)c3ccc(-c4ccc5c(c4)C(c4ccccc4)(c4ccccc4)c4ccccc4-5)cc3)c3c2oc2ccccc23)cc1. The minimum Gasteiger partial charge on any atom is -0.455 e. The molecule has 0 unspecified atom stereocenters. The molecule has 0 bridgehead atoms. The van der Waals surface area contributed by atoms with Crippen LogP contribution in [0.3, 0.4) is 0 Å². The summed E-state index contributed by atoms with van der Waals surface area (Å²) < 4.78 is 6.84. The summed E-state index contributed by atoms with van der Waals surface area (Å²) in [7, 11) is 0. The molecule has 0 radical (unpaired) electrons. The molecule has 13 aromatic rings. The van der Waals surface area contributed by atoms with E-state index in [-0.39, 0.29) is 0 Å². The van der Waals surface area contributed by atoms with E-state index in [9.17, 15) is 0 Å². The average molecular weight is 930 g/mol. The molecule has 0 amide bonds. The van der Waals surface area contributed by atoms with Crippen LogP contribution in [0.5, 0.6) is 0 Å². The molecule has 73 heavy (non-hydrogen) atoms. The first kappa shape index (κ1) is 42.4. The minimum absolute atomic E-state index is 0.476. The van der Waals surface area contributed by atoms with E-state index in [0.717, 1.165) is 61.3 Å². The highest BCUT2D eigenvalue weighted by Crippen LogP contribution is 2.57. The van der Waals surface area contributed by atoms with Gasteiger partial charge in [-0.05, 0) is 144 Å². The predicted molar refractivity (Wildman–Crippen MR) is 305 cm³/mol. The van der Waals surface area contributed by atoms with Crippen molar-refractivity contribution in [3.05, 3.63) is 307 Å². The Kier molecular flexibility index (Phi) is 10.1. The molecule has 1 aromatic heterocycles. The summed E-state index contributed by atoms with van der Waals surface area (Å²) in [4.78, 5) is 2.40. The van der Waals surface area contributed by atoms with Gasteiger partial charge in [-0.1, -0.05) is 224 Å². The van der Waals surface area contributed by atoms with E-state index in [1.54, 1.807) is 0 Å². The van der Waals surface area contributed by atoms with Crippen molar-refractivity contribution in [3.8, 4) is 55.6 Å². The van der Waals surface area contributed by atoms with Gasteiger partial charge in [-0.25, -0.2) is 0 Å². The minimum atomic E-state index is -0.476. The molecule has 0 aliphatic heterocycles. The van der Waals surface area contributed by atoms with Crippen molar-refractivity contribution in [1.29, 1.82) is 0 Å². The molecule has 0 spiro atoms. The van der Waals surface area contributed by atoms with Gasteiger partial charge in [0.25, 0.3) is 0 Å². The lowest BCUT2D eigenvalue weighted by atomic mass is 9.67. The molecule has 1 heterocycles. The van der Waals surface area contributed by atoms with Gasteiger partial charge in [-0.3, -0.25) is 0 Å². The van der Waals surface area contributed by atoms with Crippen molar-refractivity contribution in [2.75, 3.05) is 4.90 Å². The third-order valence-corrected chi connectivity index (χ3v) is 15.2. The lowest BCUT2D eigenvalue weighted by Gasteiger charge is -2.34. The molecular formula is C71H47NO. The van der Waals surface area contributed by atoms with Gasteiger partial charge in [0.1, 0.15) is 11.2 Å². The summed E-state index contributed by atoms with van der Waals surface area (Å²) in [6, 6.07) is 104. The van der Waals surface area contributed by atoms with Gasteiger partial charge in [0.2, 0.25) is 0 Å². The van der Waals surface area contributed by atoms with Crippen molar-refractivity contribution in [1.82, 2.24) is 0 Å². The summed E-state index contributed by atoms with van der Waals surface area (Å²) >= 11 is 0. The van der Waals surface area contributed by atoms with Crippen LogP contribution in [-0.4, -0.2) is 0 Å². The first-order valence-electron chi connectivity index (χ1n) is 25.1. The van der Waals surface area contributed by atoms with E-state index in [4.69, 9.17) is 4.42 Å². The average Bonchev–Trinajstić information content (AvgIpc) is 4.01. The van der Waals surface area contributed by atoms with Crippen LogP contribution in [0.2, 0.25) is 0 Å². The predicted octanol–water partition coefficient (Wildman–Crippen LogP) is 19.2. The van der Waals surface area contributed by atoms with Crippen LogP contribution in [0.25, 0.3) is 88.3 Å². The Bertz CT molecular complexity index is 4130. The Morgan fingerprint density at radius 2 is 0.808 bits per heavy atom. The van der Waals surface area contributed by atoms with Crippen LogP contribution >= 0.6 is 0 Å². The molecule has 12 aromatic carbocycles. The van der Waals surface area contributed by atoms with E-state index in [0.29, 0.717) is 0 Å². The van der Waals surface area contributed by atoms with E-state index in [1.807, 2.05) is 0 Å². The Balaban J connectivity index is 0.904. The molecule has 342 valence electrons. The van der Waals surface area contributed by atoms with Crippen LogP contribution in [0, 0.1) is 0 Å². The molecule has 1 aliphatic rings. The normalized spacial score (nSPS) is 12.5. The molecular weight excluding hydrogens is 883 g/mol. The van der Waals surface area contributed by atoms with E-state index in [1.165, 1.54) is 66.4 Å². The number of rotatable bonds is 9. The summed E-state index contributed by atoms with van der Waals surface area (Å²) in [5.41, 5.74) is 21.3. The highest BCUT2D eigenvalue weighted by atomic mass is 16.3. The van der Waals surface area contributed by atoms with Crippen molar-refractivity contribution >= 4 is 49.8 Å². The van der Waals surface area contributed by atoms with E-state index >= 15 is 0 Å². The molecule has 0 saturated heterocycles. The Morgan fingerprint density at radius 3 is 1.52 bits per heavy atom. The standard InChI is InChI=1S/C71H47NO/c1-4-18-51(19-5-1)61-43-44-67(69-64-28-13-15-30-68(64)73-70(61)69)72(59-38-33-49(34-39-59)53-21-16-22-54(45-53)55-32-31-48-17-10-11-20-52(48)46-55)60-40-35-50(36-41-60)56-37-42-63-62-27-12-14-29-65(62)71(66(63)47-56,57-23-6-2-7-24-57)58-25-8-3-9-26-58/h1-47H. The Morgan fingerprint density at radius 1 is 0.301 bits per heavy atom. The van der Waals surface area contributed by atoms with Crippen molar-refractivity contribution in [3.63, 3.8) is 0 Å². The maximum Gasteiger partial charge on any atom is 0.145 e. The first-order valence-corrected chi connectivity index (χ1v) is 25.1. The summed E-state index contributed by atoms with van der Waals surface area (Å²) in [5, 5.41) is 4.64. The number of para-hydroxylation sites is 1. The van der Waals surface area contributed by atoms with Gasteiger partial charge in [0, 0.05) is 22.3 Å². The second-order valence-electron chi connectivity index (χ2n) is 19.2. The number of nitrogens with zero attached hydrogens (tertiary/aromatic N) is 1. The fraction of sp³-hybridized carbons (Fsp3) is 0.0141. The fourth-order valence-electron chi connectivity index (χ4n) is 11.7. The van der Waals surface area contributed by atoms with E-state index < -0.39 is 5.41 Å². The number of fused-ring (bicyclic) bond motifs is 7. The van der Waals surface area contributed by atoms with Gasteiger partial charge in [-0.2, -0.15) is 0 Å². The smallest absolute Gasteiger partial charge is 0.145 e. The molecule has 0 saturated carbocycles. The molecule has 0 N–H and O–H groups in total. The van der Waals surface area contributed by atoms with Crippen LogP contribution in [0.4, 0.5) is 17.1 Å². The second-order valence-corrected chi connectivity index (χ2v) is 19.2. The Hall–Kier alpha value is -9.50. The second kappa shape index (κ2) is 17.4. The van der Waals surface area contributed by atoms with Crippen molar-refractivity contribution in [2.45, 2.75) is 5.41 Å². The summed E-state index contributed by atoms with van der Waals surface area (Å²) in [6.07, 6.45) is 0. The van der Waals surface area contributed by atoms with Crippen LogP contribution in [-0.2, 0) is 5.41 Å². The third-order valence-electron chi connectivity index (χ3n) is 15.2. The van der Waals surface area contributed by atoms with Gasteiger partial charge < -0.3 is 9.32 Å². The third kappa shape index (κ3) is 7.02. The van der Waals surface area contributed by atoms with Crippen LogP contribution in [0.1, 0.15) is 22.3 Å². The molecule has 2 heteroatoms. The summed E-state index contributed by atoms with van der Waals surface area (Å²) in [5.74, 6) is 0. The topological polar surface area (TPSA) is 16.4 Å². The number of hydrogen-bond acceptors (Lipinski definition) is 2. The quantitative estimate of drug-likeness (QED) is 0.143. The molecule has 0 fully saturated rings. The van der Waals surface area contributed by atoms with Gasteiger partial charge >= 0.3 is 0 Å². The largest absolute Gasteiger partial charge is 0.455 e. The molecule has 2 nitrogen and oxygen atoms in total. The van der Waals surface area contributed by atoms with Gasteiger partial charge in [0.05, 0.1) is 16.5 Å². The van der Waals surface area contributed by atoms with Crippen LogP contribution in [0.15, 0.2) is 290 Å². The van der Waals surface area contributed by atoms with Gasteiger partial charge in [-0.15, -0.1) is 0 Å². The van der Waals surface area contributed by atoms with Crippen molar-refractivity contribution < 1.29 is 4.42 Å². The molecule has 14 rings (SSSR count). The first-order chi connectivity index (χ1) is 36.2. The Labute approximate surface area is 425 Å². The summed E-state index contributed by atoms with van der Waals surface area (Å²) in [6.45, 7) is 0. The van der Waals surface area contributed by atoms with E-state index in [2.05, 4.69) is 290 Å². The maximum absolute atomic E-state index is 6.84.